The molecule has 3 heteroatoms. The van der Waals surface area contributed by atoms with E-state index in [0.29, 0.717) is 5.92 Å². The highest BCUT2D eigenvalue weighted by atomic mass is 32.2. The lowest BCUT2D eigenvalue weighted by Gasteiger charge is -2.39. The summed E-state index contributed by atoms with van der Waals surface area (Å²) < 4.78 is 27.4. The van der Waals surface area contributed by atoms with Crippen molar-refractivity contribution in [2.75, 3.05) is 0 Å². The van der Waals surface area contributed by atoms with Gasteiger partial charge in [0.1, 0.15) is 0 Å². The van der Waals surface area contributed by atoms with Gasteiger partial charge in [0.15, 0.2) is 9.84 Å². The summed E-state index contributed by atoms with van der Waals surface area (Å²) >= 11 is 0. The number of benzene rings is 2. The van der Waals surface area contributed by atoms with Gasteiger partial charge in [-0.1, -0.05) is 99.5 Å². The molecule has 2 atom stereocenters. The molecule has 2 aromatic rings. The van der Waals surface area contributed by atoms with Crippen molar-refractivity contribution < 1.29 is 8.42 Å². The Balaban J connectivity index is 1.66. The van der Waals surface area contributed by atoms with E-state index in [2.05, 4.69) is 24.3 Å². The molecule has 0 saturated heterocycles. The molecule has 0 radical (unpaired) electrons. The van der Waals surface area contributed by atoms with Gasteiger partial charge in [-0.25, -0.2) is 8.42 Å². The summed E-state index contributed by atoms with van der Waals surface area (Å²) in [6.45, 7) is 0. The molecule has 162 valence electrons. The van der Waals surface area contributed by atoms with E-state index in [4.69, 9.17) is 0 Å². The number of hydrogen-bond donors (Lipinski definition) is 0. The second kappa shape index (κ2) is 10.1. The zero-order chi connectivity index (χ0) is 20.8. The van der Waals surface area contributed by atoms with Crippen LogP contribution in [0.1, 0.15) is 86.8 Å². The van der Waals surface area contributed by atoms with Crippen LogP contribution in [0.2, 0.25) is 0 Å². The molecule has 0 aromatic heterocycles. The van der Waals surface area contributed by atoms with Gasteiger partial charge in [0.25, 0.3) is 0 Å². The van der Waals surface area contributed by atoms with Crippen molar-refractivity contribution >= 4 is 9.84 Å². The van der Waals surface area contributed by atoms with Gasteiger partial charge in [0.05, 0.1) is 11.0 Å². The normalized spacial score (nSPS) is 24.1. The number of rotatable bonds is 4. The maximum absolute atomic E-state index is 13.7. The van der Waals surface area contributed by atoms with E-state index in [1.165, 1.54) is 68.9 Å². The molecule has 1 unspecified atom stereocenters. The molecular formula is C27H36O2S. The van der Waals surface area contributed by atoms with E-state index >= 15 is 0 Å². The number of aryl methyl sites for hydroxylation is 1. The van der Waals surface area contributed by atoms with Crippen LogP contribution in [-0.2, 0) is 22.0 Å². The first-order chi connectivity index (χ1) is 14.6. The average molecular weight is 425 g/mol. The Morgan fingerprint density at radius 3 is 2.00 bits per heavy atom. The Hall–Kier alpha value is -1.61. The molecule has 2 aliphatic rings. The first-order valence-corrected chi connectivity index (χ1v) is 13.7. The minimum atomic E-state index is -3.21. The molecule has 4 rings (SSSR count). The van der Waals surface area contributed by atoms with Crippen molar-refractivity contribution in [1.82, 2.24) is 0 Å². The summed E-state index contributed by atoms with van der Waals surface area (Å²) in [5.41, 5.74) is 3.62. The summed E-state index contributed by atoms with van der Waals surface area (Å²) in [5, 5.41) is -0.249. The summed E-state index contributed by atoms with van der Waals surface area (Å²) in [6, 6.07) is 18.4. The van der Waals surface area contributed by atoms with Crippen LogP contribution in [0.4, 0.5) is 0 Å². The van der Waals surface area contributed by atoms with Crippen LogP contribution in [-0.4, -0.2) is 13.7 Å². The second-order valence-electron chi connectivity index (χ2n) is 9.41. The van der Waals surface area contributed by atoms with Gasteiger partial charge in [-0.3, -0.25) is 0 Å². The summed E-state index contributed by atoms with van der Waals surface area (Å²) in [5.74, 6) is 0.812. The van der Waals surface area contributed by atoms with Gasteiger partial charge in [0.2, 0.25) is 0 Å². The van der Waals surface area contributed by atoms with Crippen molar-refractivity contribution in [2.45, 2.75) is 87.5 Å². The van der Waals surface area contributed by atoms with E-state index in [0.717, 1.165) is 18.4 Å². The predicted octanol–water partition coefficient (Wildman–Crippen LogP) is 6.84. The molecule has 2 aliphatic carbocycles. The Labute approximate surface area is 183 Å². The van der Waals surface area contributed by atoms with Crippen molar-refractivity contribution in [1.29, 1.82) is 0 Å². The van der Waals surface area contributed by atoms with Crippen LogP contribution in [0.5, 0.6) is 0 Å². The fourth-order valence-electron chi connectivity index (χ4n) is 5.84. The molecule has 0 amide bonds. The van der Waals surface area contributed by atoms with Crippen LogP contribution in [0.15, 0.2) is 54.6 Å². The minimum absolute atomic E-state index is 0.156. The quantitative estimate of drug-likeness (QED) is 0.538. The fourth-order valence-corrected chi connectivity index (χ4v) is 8.00. The van der Waals surface area contributed by atoms with E-state index < -0.39 is 9.84 Å². The second-order valence-corrected chi connectivity index (χ2v) is 11.6. The molecule has 2 aromatic carbocycles. The van der Waals surface area contributed by atoms with E-state index in [1.807, 2.05) is 30.3 Å². The van der Waals surface area contributed by atoms with Crippen molar-refractivity contribution in [3.8, 4) is 0 Å². The smallest absolute Gasteiger partial charge is 0.157 e. The highest BCUT2D eigenvalue weighted by Gasteiger charge is 2.41. The van der Waals surface area contributed by atoms with Gasteiger partial charge in [-0.15, -0.1) is 0 Å². The zero-order valence-electron chi connectivity index (χ0n) is 18.1. The molecule has 30 heavy (non-hydrogen) atoms. The van der Waals surface area contributed by atoms with Crippen LogP contribution >= 0.6 is 0 Å². The van der Waals surface area contributed by atoms with Gasteiger partial charge >= 0.3 is 0 Å². The van der Waals surface area contributed by atoms with E-state index in [-0.39, 0.29) is 16.9 Å². The first-order valence-electron chi connectivity index (χ1n) is 12.0. The minimum Gasteiger partial charge on any atom is -0.228 e. The average Bonchev–Trinajstić information content (AvgIpc) is 2.77. The Bertz CT molecular complexity index is 893. The van der Waals surface area contributed by atoms with Gasteiger partial charge in [0, 0.05) is 5.92 Å². The third-order valence-electron chi connectivity index (χ3n) is 7.34. The molecular weight excluding hydrogens is 388 g/mol. The zero-order valence-corrected chi connectivity index (χ0v) is 19.0. The topological polar surface area (TPSA) is 34.1 Å². The third kappa shape index (κ3) is 5.17. The van der Waals surface area contributed by atoms with Crippen molar-refractivity contribution in [3.05, 3.63) is 71.3 Å². The van der Waals surface area contributed by atoms with Gasteiger partial charge in [-0.05, 0) is 48.3 Å². The van der Waals surface area contributed by atoms with Crippen LogP contribution < -0.4 is 0 Å². The number of sulfone groups is 1. The maximum Gasteiger partial charge on any atom is 0.157 e. The molecule has 0 bridgehead atoms. The predicted molar refractivity (Wildman–Crippen MR) is 125 cm³/mol. The SMILES string of the molecule is O=S(=O)(Cc1ccccc1)C1CCc2ccccc2[C@@H]1C1CCCCCCCCC1. The highest BCUT2D eigenvalue weighted by molar-refractivity contribution is 7.91. The third-order valence-corrected chi connectivity index (χ3v) is 9.53. The van der Waals surface area contributed by atoms with Gasteiger partial charge < -0.3 is 0 Å². The molecule has 0 N–H and O–H groups in total. The lowest BCUT2D eigenvalue weighted by Crippen LogP contribution is -2.38. The Morgan fingerprint density at radius 2 is 1.30 bits per heavy atom. The van der Waals surface area contributed by atoms with Crippen molar-refractivity contribution in [3.63, 3.8) is 0 Å². The molecule has 0 spiro atoms. The number of hydrogen-bond acceptors (Lipinski definition) is 2. The molecule has 1 fully saturated rings. The Morgan fingerprint density at radius 1 is 0.700 bits per heavy atom. The highest BCUT2D eigenvalue weighted by Crippen LogP contribution is 2.45. The Kier molecular flexibility index (Phi) is 7.30. The summed E-state index contributed by atoms with van der Waals surface area (Å²) in [4.78, 5) is 0. The fraction of sp³-hybridized carbons (Fsp3) is 0.556. The largest absolute Gasteiger partial charge is 0.228 e. The standard InChI is InChI=1S/C27H36O2S/c28-30(29,21-22-13-7-6-8-14-22)26-20-19-23-15-11-12-18-25(23)27(26)24-16-9-4-2-1-3-5-10-17-24/h6-8,11-15,18,24,26-27H,1-5,9-10,16-17,19-21H2/t26?,27-/m0/s1. The van der Waals surface area contributed by atoms with Crippen LogP contribution in [0, 0.1) is 5.92 Å². The maximum atomic E-state index is 13.7. The summed E-state index contributed by atoms with van der Waals surface area (Å²) in [7, 11) is -3.21. The van der Waals surface area contributed by atoms with Crippen molar-refractivity contribution in [2.24, 2.45) is 5.92 Å². The first kappa shape index (κ1) is 21.6. The van der Waals surface area contributed by atoms with E-state index in [9.17, 15) is 8.42 Å². The molecule has 1 saturated carbocycles. The lowest BCUT2D eigenvalue weighted by atomic mass is 9.72. The van der Waals surface area contributed by atoms with Crippen LogP contribution in [0.25, 0.3) is 0 Å². The molecule has 0 aliphatic heterocycles. The van der Waals surface area contributed by atoms with E-state index in [1.54, 1.807) is 0 Å². The van der Waals surface area contributed by atoms with Crippen LogP contribution in [0.3, 0.4) is 0 Å². The monoisotopic (exact) mass is 424 g/mol. The molecule has 2 nitrogen and oxygen atoms in total. The number of fused-ring (bicyclic) bond motifs is 1. The summed E-state index contributed by atoms with van der Waals surface area (Å²) in [6.07, 6.45) is 13.1. The van der Waals surface area contributed by atoms with Gasteiger partial charge in [-0.2, -0.15) is 0 Å². The molecule has 0 heterocycles. The lowest BCUT2D eigenvalue weighted by molar-refractivity contribution is 0.308.